The molecule has 1 saturated carbocycles. The van der Waals surface area contributed by atoms with Crippen LogP contribution < -0.4 is 5.73 Å². The minimum atomic E-state index is 0.122. The molecule has 4 heteroatoms. The summed E-state index contributed by atoms with van der Waals surface area (Å²) in [7, 11) is 0. The van der Waals surface area contributed by atoms with Crippen LogP contribution in [0.2, 0.25) is 0 Å². The van der Waals surface area contributed by atoms with Crippen LogP contribution in [0.15, 0.2) is 24.5 Å². The number of aromatic nitrogens is 1. The first-order chi connectivity index (χ1) is 9.77. The third-order valence-electron chi connectivity index (χ3n) is 4.40. The number of nitrogens with two attached hydrogens (primary N) is 1. The van der Waals surface area contributed by atoms with E-state index < -0.39 is 0 Å². The standard InChI is InChI=1S/C16H27N3O/c1-2-15(17)16(13-7-9-18-10-8-13)19(11-4-12-20)14-5-3-6-14/h7-10,14-16,20H,2-6,11-12,17H2,1H3. The highest BCUT2D eigenvalue weighted by Gasteiger charge is 2.33. The summed E-state index contributed by atoms with van der Waals surface area (Å²) in [6.45, 7) is 3.30. The molecule has 1 aromatic rings. The Kier molecular flexibility index (Phi) is 5.95. The zero-order valence-corrected chi connectivity index (χ0v) is 12.4. The van der Waals surface area contributed by atoms with Crippen molar-refractivity contribution in [2.24, 2.45) is 5.73 Å². The van der Waals surface area contributed by atoms with Gasteiger partial charge in [0.1, 0.15) is 0 Å². The van der Waals surface area contributed by atoms with Crippen molar-refractivity contribution < 1.29 is 5.11 Å². The minimum Gasteiger partial charge on any atom is -0.396 e. The van der Waals surface area contributed by atoms with Crippen molar-refractivity contribution in [1.82, 2.24) is 9.88 Å². The number of nitrogens with zero attached hydrogens (tertiary/aromatic N) is 2. The third-order valence-corrected chi connectivity index (χ3v) is 4.40. The van der Waals surface area contributed by atoms with Crippen molar-refractivity contribution in [3.8, 4) is 0 Å². The molecule has 112 valence electrons. The maximum absolute atomic E-state index is 9.17. The van der Waals surface area contributed by atoms with Crippen molar-refractivity contribution in [1.29, 1.82) is 0 Å². The van der Waals surface area contributed by atoms with Crippen molar-refractivity contribution in [3.05, 3.63) is 30.1 Å². The first-order valence-corrected chi connectivity index (χ1v) is 7.80. The molecule has 1 aliphatic rings. The molecule has 0 aromatic carbocycles. The molecule has 0 spiro atoms. The van der Waals surface area contributed by atoms with E-state index in [9.17, 15) is 0 Å². The zero-order chi connectivity index (χ0) is 14.4. The molecule has 3 N–H and O–H groups in total. The summed E-state index contributed by atoms with van der Waals surface area (Å²) >= 11 is 0. The Morgan fingerprint density at radius 2 is 2.10 bits per heavy atom. The lowest BCUT2D eigenvalue weighted by Gasteiger charge is -2.44. The Labute approximate surface area is 122 Å². The zero-order valence-electron chi connectivity index (χ0n) is 12.4. The van der Waals surface area contributed by atoms with Crippen LogP contribution in [0.3, 0.4) is 0 Å². The van der Waals surface area contributed by atoms with E-state index >= 15 is 0 Å². The second-order valence-electron chi connectivity index (χ2n) is 5.70. The molecule has 0 amide bonds. The van der Waals surface area contributed by atoms with Crippen LogP contribution in [0.4, 0.5) is 0 Å². The quantitative estimate of drug-likeness (QED) is 0.764. The Balaban J connectivity index is 2.21. The highest BCUT2D eigenvalue weighted by molar-refractivity contribution is 5.18. The van der Waals surface area contributed by atoms with Crippen LogP contribution in [-0.4, -0.2) is 40.2 Å². The van der Waals surface area contributed by atoms with E-state index in [1.807, 2.05) is 12.4 Å². The van der Waals surface area contributed by atoms with E-state index in [-0.39, 0.29) is 18.7 Å². The normalized spacial score (nSPS) is 18.8. The first-order valence-electron chi connectivity index (χ1n) is 7.80. The molecule has 2 rings (SSSR count). The van der Waals surface area contributed by atoms with Gasteiger partial charge in [-0.2, -0.15) is 0 Å². The van der Waals surface area contributed by atoms with Crippen LogP contribution >= 0.6 is 0 Å². The van der Waals surface area contributed by atoms with Crippen LogP contribution in [-0.2, 0) is 0 Å². The highest BCUT2D eigenvalue weighted by atomic mass is 16.3. The number of pyridine rings is 1. The molecule has 2 unspecified atom stereocenters. The summed E-state index contributed by atoms with van der Waals surface area (Å²) in [5.74, 6) is 0. The van der Waals surface area contributed by atoms with Gasteiger partial charge in [-0.25, -0.2) is 0 Å². The Hall–Kier alpha value is -0.970. The fourth-order valence-corrected chi connectivity index (χ4v) is 2.99. The van der Waals surface area contributed by atoms with Gasteiger partial charge in [-0.3, -0.25) is 9.88 Å². The van der Waals surface area contributed by atoms with E-state index in [1.165, 1.54) is 24.8 Å². The first kappa shape index (κ1) is 15.4. The second kappa shape index (κ2) is 7.72. The summed E-state index contributed by atoms with van der Waals surface area (Å²) in [6.07, 6.45) is 9.27. The summed E-state index contributed by atoms with van der Waals surface area (Å²) in [5.41, 5.74) is 7.66. The molecule has 2 atom stereocenters. The average molecular weight is 277 g/mol. The van der Waals surface area contributed by atoms with Crippen LogP contribution in [0, 0.1) is 0 Å². The molecule has 0 radical (unpaired) electrons. The predicted octanol–water partition coefficient (Wildman–Crippen LogP) is 2.10. The molecule has 1 aromatic heterocycles. The van der Waals surface area contributed by atoms with Gasteiger partial charge in [0.15, 0.2) is 0 Å². The summed E-state index contributed by atoms with van der Waals surface area (Å²) in [6, 6.07) is 5.13. The van der Waals surface area contributed by atoms with Crippen molar-refractivity contribution in [2.45, 2.75) is 57.2 Å². The Morgan fingerprint density at radius 1 is 1.40 bits per heavy atom. The van der Waals surface area contributed by atoms with Crippen LogP contribution in [0.5, 0.6) is 0 Å². The number of hydrogen-bond donors (Lipinski definition) is 2. The van der Waals surface area contributed by atoms with Crippen molar-refractivity contribution in [2.75, 3.05) is 13.2 Å². The third kappa shape index (κ3) is 3.57. The Morgan fingerprint density at radius 3 is 2.60 bits per heavy atom. The van der Waals surface area contributed by atoms with Gasteiger partial charge in [0.05, 0.1) is 6.04 Å². The van der Waals surface area contributed by atoms with Crippen LogP contribution in [0.25, 0.3) is 0 Å². The molecule has 4 nitrogen and oxygen atoms in total. The van der Waals surface area contributed by atoms with Gasteiger partial charge < -0.3 is 10.8 Å². The second-order valence-corrected chi connectivity index (χ2v) is 5.70. The number of aliphatic hydroxyl groups is 1. The number of hydrogen-bond acceptors (Lipinski definition) is 4. The largest absolute Gasteiger partial charge is 0.396 e. The van der Waals surface area contributed by atoms with Gasteiger partial charge in [0, 0.05) is 37.6 Å². The smallest absolute Gasteiger partial charge is 0.0503 e. The van der Waals surface area contributed by atoms with Gasteiger partial charge in [-0.1, -0.05) is 13.3 Å². The van der Waals surface area contributed by atoms with Gasteiger partial charge in [0.25, 0.3) is 0 Å². The van der Waals surface area contributed by atoms with E-state index in [0.29, 0.717) is 6.04 Å². The molecular formula is C16H27N3O. The fraction of sp³-hybridized carbons (Fsp3) is 0.688. The minimum absolute atomic E-state index is 0.122. The lowest BCUT2D eigenvalue weighted by Crippen LogP contribution is -2.49. The highest BCUT2D eigenvalue weighted by Crippen LogP contribution is 2.34. The lowest BCUT2D eigenvalue weighted by atomic mass is 9.87. The lowest BCUT2D eigenvalue weighted by molar-refractivity contribution is 0.0579. The summed E-state index contributed by atoms with van der Waals surface area (Å²) in [5, 5.41) is 9.17. The summed E-state index contributed by atoms with van der Waals surface area (Å²) < 4.78 is 0. The molecule has 1 aliphatic carbocycles. The number of rotatable bonds is 8. The Bertz CT molecular complexity index is 381. The molecule has 1 heterocycles. The average Bonchev–Trinajstić information content (AvgIpc) is 2.43. The van der Waals surface area contributed by atoms with E-state index in [0.717, 1.165) is 19.4 Å². The van der Waals surface area contributed by atoms with Crippen LogP contribution in [0.1, 0.15) is 50.6 Å². The summed E-state index contributed by atoms with van der Waals surface area (Å²) in [4.78, 5) is 6.63. The topological polar surface area (TPSA) is 62.4 Å². The van der Waals surface area contributed by atoms with Gasteiger partial charge in [0.2, 0.25) is 0 Å². The van der Waals surface area contributed by atoms with Crippen molar-refractivity contribution in [3.63, 3.8) is 0 Å². The molecule has 20 heavy (non-hydrogen) atoms. The van der Waals surface area contributed by atoms with Crippen molar-refractivity contribution >= 4 is 0 Å². The van der Waals surface area contributed by atoms with Gasteiger partial charge >= 0.3 is 0 Å². The monoisotopic (exact) mass is 277 g/mol. The SMILES string of the molecule is CCC(N)C(c1ccncc1)N(CCCO)C1CCC1. The van der Waals surface area contributed by atoms with E-state index in [1.54, 1.807) is 0 Å². The van der Waals surface area contributed by atoms with Gasteiger partial charge in [-0.15, -0.1) is 0 Å². The fourth-order valence-electron chi connectivity index (χ4n) is 2.99. The maximum atomic E-state index is 9.17. The van der Waals surface area contributed by atoms with E-state index in [2.05, 4.69) is 28.9 Å². The van der Waals surface area contributed by atoms with Gasteiger partial charge in [-0.05, 0) is 43.4 Å². The molecular weight excluding hydrogens is 250 g/mol. The maximum Gasteiger partial charge on any atom is 0.0503 e. The number of aliphatic hydroxyl groups excluding tert-OH is 1. The molecule has 1 fully saturated rings. The molecule has 0 bridgehead atoms. The van der Waals surface area contributed by atoms with E-state index in [4.69, 9.17) is 10.8 Å². The predicted molar refractivity (Wildman–Crippen MR) is 81.3 cm³/mol. The molecule has 0 saturated heterocycles. The molecule has 0 aliphatic heterocycles.